The molecule has 0 bridgehead atoms. The van der Waals surface area contributed by atoms with Crippen molar-refractivity contribution in [2.24, 2.45) is 5.92 Å². The molecular formula is C14H20N2O2. The van der Waals surface area contributed by atoms with E-state index in [4.69, 9.17) is 10.5 Å². The Kier molecular flexibility index (Phi) is 3.87. The number of nitrogen functional groups attached to an aromatic ring is 1. The molecule has 1 fully saturated rings. The Bertz CT molecular complexity index is 434. The predicted molar refractivity (Wildman–Crippen MR) is 70.8 cm³/mol. The lowest BCUT2D eigenvalue weighted by Gasteiger charge is -2.20. The second-order valence-corrected chi connectivity index (χ2v) is 5.02. The van der Waals surface area contributed by atoms with Gasteiger partial charge in [0.15, 0.2) is 0 Å². The van der Waals surface area contributed by atoms with Gasteiger partial charge in [-0.05, 0) is 31.0 Å². The van der Waals surface area contributed by atoms with Crippen LogP contribution >= 0.6 is 0 Å². The number of rotatable bonds is 3. The third-order valence-electron chi connectivity index (χ3n) is 3.29. The van der Waals surface area contributed by atoms with E-state index < -0.39 is 0 Å². The van der Waals surface area contributed by atoms with E-state index in [1.807, 2.05) is 38.2 Å². The van der Waals surface area contributed by atoms with Crippen LogP contribution in [0.5, 0.6) is 0 Å². The average molecular weight is 248 g/mol. The fourth-order valence-corrected chi connectivity index (χ4v) is 2.34. The van der Waals surface area contributed by atoms with Crippen molar-refractivity contribution in [2.75, 3.05) is 19.4 Å². The van der Waals surface area contributed by atoms with Gasteiger partial charge >= 0.3 is 0 Å². The summed E-state index contributed by atoms with van der Waals surface area (Å²) < 4.78 is 5.44. The van der Waals surface area contributed by atoms with Crippen LogP contribution in [-0.4, -0.2) is 30.6 Å². The minimum Gasteiger partial charge on any atom is -0.399 e. The topological polar surface area (TPSA) is 55.6 Å². The van der Waals surface area contributed by atoms with Crippen molar-refractivity contribution in [1.82, 2.24) is 4.90 Å². The SMILES string of the molecule is CC1CC(C(=O)N(C)Cc2cccc(N)c2)CO1. The van der Waals surface area contributed by atoms with Crippen LogP contribution in [0, 0.1) is 5.92 Å². The van der Waals surface area contributed by atoms with E-state index in [1.54, 1.807) is 4.90 Å². The molecule has 0 aliphatic carbocycles. The van der Waals surface area contributed by atoms with Crippen LogP contribution in [0.15, 0.2) is 24.3 Å². The Labute approximate surface area is 108 Å². The van der Waals surface area contributed by atoms with Gasteiger partial charge in [0.2, 0.25) is 5.91 Å². The highest BCUT2D eigenvalue weighted by molar-refractivity contribution is 5.79. The van der Waals surface area contributed by atoms with Crippen LogP contribution in [0.1, 0.15) is 18.9 Å². The quantitative estimate of drug-likeness (QED) is 0.828. The number of amides is 1. The minimum atomic E-state index is 0.00561. The minimum absolute atomic E-state index is 0.00561. The van der Waals surface area contributed by atoms with E-state index in [9.17, 15) is 4.79 Å². The Morgan fingerprint density at radius 1 is 1.56 bits per heavy atom. The van der Waals surface area contributed by atoms with Gasteiger partial charge in [0, 0.05) is 19.3 Å². The molecule has 1 saturated heterocycles. The van der Waals surface area contributed by atoms with Gasteiger partial charge in [-0.25, -0.2) is 0 Å². The summed E-state index contributed by atoms with van der Waals surface area (Å²) in [6.07, 6.45) is 1.01. The maximum atomic E-state index is 12.2. The summed E-state index contributed by atoms with van der Waals surface area (Å²) in [5.41, 5.74) is 7.51. The Morgan fingerprint density at radius 2 is 2.33 bits per heavy atom. The second kappa shape index (κ2) is 5.40. The van der Waals surface area contributed by atoms with Crippen molar-refractivity contribution in [2.45, 2.75) is 26.0 Å². The zero-order valence-corrected chi connectivity index (χ0v) is 10.9. The summed E-state index contributed by atoms with van der Waals surface area (Å²) in [6.45, 7) is 3.14. The lowest BCUT2D eigenvalue weighted by molar-refractivity contribution is -0.134. The third-order valence-corrected chi connectivity index (χ3v) is 3.29. The molecule has 1 heterocycles. The predicted octanol–water partition coefficient (Wildman–Crippen LogP) is 1.65. The van der Waals surface area contributed by atoms with E-state index in [0.29, 0.717) is 13.2 Å². The molecule has 18 heavy (non-hydrogen) atoms. The second-order valence-electron chi connectivity index (χ2n) is 5.02. The van der Waals surface area contributed by atoms with Gasteiger partial charge in [-0.3, -0.25) is 4.79 Å². The first-order valence-corrected chi connectivity index (χ1v) is 6.27. The van der Waals surface area contributed by atoms with E-state index >= 15 is 0 Å². The van der Waals surface area contributed by atoms with Gasteiger partial charge in [-0.15, -0.1) is 0 Å². The molecule has 2 atom stereocenters. The van der Waals surface area contributed by atoms with Crippen molar-refractivity contribution in [1.29, 1.82) is 0 Å². The van der Waals surface area contributed by atoms with Crippen molar-refractivity contribution >= 4 is 11.6 Å². The first-order chi connectivity index (χ1) is 8.56. The zero-order chi connectivity index (χ0) is 13.1. The van der Waals surface area contributed by atoms with Crippen LogP contribution in [0.4, 0.5) is 5.69 Å². The van der Waals surface area contributed by atoms with Gasteiger partial charge in [-0.2, -0.15) is 0 Å². The number of carbonyl (C=O) groups excluding carboxylic acids is 1. The summed E-state index contributed by atoms with van der Waals surface area (Å²) in [7, 11) is 1.83. The number of ether oxygens (including phenoxy) is 1. The summed E-state index contributed by atoms with van der Waals surface area (Å²) in [5, 5.41) is 0. The number of carbonyl (C=O) groups is 1. The Balaban J connectivity index is 1.95. The monoisotopic (exact) mass is 248 g/mol. The first kappa shape index (κ1) is 12.9. The highest BCUT2D eigenvalue weighted by Gasteiger charge is 2.30. The molecule has 4 nitrogen and oxygen atoms in total. The van der Waals surface area contributed by atoms with E-state index in [-0.39, 0.29) is 17.9 Å². The highest BCUT2D eigenvalue weighted by atomic mass is 16.5. The van der Waals surface area contributed by atoms with Gasteiger partial charge in [0.1, 0.15) is 0 Å². The summed E-state index contributed by atoms with van der Waals surface area (Å²) in [6, 6.07) is 7.63. The van der Waals surface area contributed by atoms with Crippen molar-refractivity contribution in [3.05, 3.63) is 29.8 Å². The molecule has 2 N–H and O–H groups in total. The number of nitrogens with zero attached hydrogens (tertiary/aromatic N) is 1. The van der Waals surface area contributed by atoms with Crippen molar-refractivity contribution < 1.29 is 9.53 Å². The average Bonchev–Trinajstić information content (AvgIpc) is 2.75. The molecule has 2 rings (SSSR count). The van der Waals surface area contributed by atoms with Crippen LogP contribution in [0.25, 0.3) is 0 Å². The van der Waals surface area contributed by atoms with Crippen molar-refractivity contribution in [3.63, 3.8) is 0 Å². The molecule has 0 aromatic heterocycles. The Morgan fingerprint density at radius 3 is 2.94 bits per heavy atom. The van der Waals surface area contributed by atoms with Gasteiger partial charge < -0.3 is 15.4 Å². The number of hydrogen-bond acceptors (Lipinski definition) is 3. The lowest BCUT2D eigenvalue weighted by atomic mass is 10.0. The van der Waals surface area contributed by atoms with E-state index in [0.717, 1.165) is 17.7 Å². The molecule has 98 valence electrons. The summed E-state index contributed by atoms with van der Waals surface area (Å²) in [4.78, 5) is 13.9. The number of benzene rings is 1. The molecule has 1 aromatic rings. The van der Waals surface area contributed by atoms with Crippen molar-refractivity contribution in [3.8, 4) is 0 Å². The summed E-state index contributed by atoms with van der Waals surface area (Å²) >= 11 is 0. The molecule has 1 aliphatic rings. The zero-order valence-electron chi connectivity index (χ0n) is 10.9. The van der Waals surface area contributed by atoms with Gasteiger partial charge in [-0.1, -0.05) is 12.1 Å². The Hall–Kier alpha value is -1.55. The molecule has 1 aliphatic heterocycles. The third kappa shape index (κ3) is 3.01. The maximum Gasteiger partial charge on any atom is 0.228 e. The molecule has 0 spiro atoms. The molecule has 1 amide bonds. The molecule has 0 saturated carbocycles. The highest BCUT2D eigenvalue weighted by Crippen LogP contribution is 2.21. The summed E-state index contributed by atoms with van der Waals surface area (Å²) in [5.74, 6) is 0.160. The van der Waals surface area contributed by atoms with Gasteiger partial charge in [0.25, 0.3) is 0 Å². The normalized spacial score (nSPS) is 23.0. The van der Waals surface area contributed by atoms with E-state index in [2.05, 4.69) is 0 Å². The largest absolute Gasteiger partial charge is 0.399 e. The fraction of sp³-hybridized carbons (Fsp3) is 0.500. The van der Waals surface area contributed by atoms with Crippen LogP contribution in [0.2, 0.25) is 0 Å². The standard InChI is InChI=1S/C14H20N2O2/c1-10-6-12(9-18-10)14(17)16(2)8-11-4-3-5-13(15)7-11/h3-5,7,10,12H,6,8-9,15H2,1-2H3. The number of nitrogens with two attached hydrogens (primary N) is 1. The fourth-order valence-electron chi connectivity index (χ4n) is 2.34. The van der Waals surface area contributed by atoms with E-state index in [1.165, 1.54) is 0 Å². The smallest absolute Gasteiger partial charge is 0.228 e. The molecule has 0 radical (unpaired) electrons. The molecule has 4 heteroatoms. The van der Waals surface area contributed by atoms with Gasteiger partial charge in [0.05, 0.1) is 18.6 Å². The number of hydrogen-bond donors (Lipinski definition) is 1. The lowest BCUT2D eigenvalue weighted by Crippen LogP contribution is -2.32. The van der Waals surface area contributed by atoms with Crippen LogP contribution in [0.3, 0.4) is 0 Å². The molecular weight excluding hydrogens is 228 g/mol. The van der Waals surface area contributed by atoms with Crippen LogP contribution in [-0.2, 0) is 16.1 Å². The molecule has 2 unspecified atom stereocenters. The molecule has 1 aromatic carbocycles. The maximum absolute atomic E-state index is 12.2. The van der Waals surface area contributed by atoms with Crippen LogP contribution < -0.4 is 5.73 Å². The first-order valence-electron chi connectivity index (χ1n) is 6.27. The number of anilines is 1.